The van der Waals surface area contributed by atoms with Crippen molar-refractivity contribution in [2.45, 2.75) is 13.3 Å². The topological polar surface area (TPSA) is 95.5 Å². The third-order valence-electron chi connectivity index (χ3n) is 2.51. The summed E-state index contributed by atoms with van der Waals surface area (Å²) in [5, 5.41) is 10.9. The summed E-state index contributed by atoms with van der Waals surface area (Å²) in [5.74, 6) is -0.142. The molecule has 0 spiro atoms. The van der Waals surface area contributed by atoms with Gasteiger partial charge in [0.1, 0.15) is 5.56 Å². The number of carbonyl (C=O) groups excluding carboxylic acids is 1. The number of aryl methyl sites for hydroxylation is 1. The Hall–Kier alpha value is -2.11. The number of nitrogens with zero attached hydrogens (tertiary/aromatic N) is 1. The Morgan fingerprint density at radius 3 is 2.88 bits per heavy atom. The number of nitro benzene ring substituents is 1. The predicted octanol–water partition coefficient (Wildman–Crippen LogP) is 1.45. The second-order valence-electron chi connectivity index (χ2n) is 3.61. The molecule has 0 bridgehead atoms. The molecule has 0 atom stereocenters. The van der Waals surface area contributed by atoms with Crippen LogP contribution in [-0.2, 0) is 0 Å². The van der Waals surface area contributed by atoms with Gasteiger partial charge in [-0.25, -0.2) is 0 Å². The summed E-state index contributed by atoms with van der Waals surface area (Å²) in [4.78, 5) is 22.0. The van der Waals surface area contributed by atoms with Crippen LogP contribution in [0.3, 0.4) is 0 Å². The van der Waals surface area contributed by atoms with Gasteiger partial charge in [0, 0.05) is 12.0 Å². The van der Waals surface area contributed by atoms with Crippen LogP contribution in [0.2, 0.25) is 0 Å². The summed E-state index contributed by atoms with van der Waals surface area (Å²) in [6.07, 6.45) is 0.150. The summed E-state index contributed by atoms with van der Waals surface area (Å²) in [5.41, 5.74) is 6.13. The van der Waals surface area contributed by atoms with Crippen molar-refractivity contribution in [2.24, 2.45) is 0 Å². The molecule has 1 aliphatic rings. The van der Waals surface area contributed by atoms with Gasteiger partial charge in [-0.2, -0.15) is 0 Å². The number of anilines is 1. The predicted molar refractivity (Wildman–Crippen MR) is 56.7 cm³/mol. The van der Waals surface area contributed by atoms with Crippen LogP contribution in [-0.4, -0.2) is 17.3 Å². The molecule has 2 rings (SSSR count). The van der Waals surface area contributed by atoms with Gasteiger partial charge in [-0.3, -0.25) is 14.9 Å². The molecule has 6 nitrogen and oxygen atoms in total. The highest BCUT2D eigenvalue weighted by molar-refractivity contribution is 6.05. The molecule has 1 aromatic carbocycles. The van der Waals surface area contributed by atoms with Crippen molar-refractivity contribution in [1.82, 2.24) is 0 Å². The minimum absolute atomic E-state index is 0.00810. The quantitative estimate of drug-likeness (QED) is 0.440. The number of nitro groups is 1. The Morgan fingerprint density at radius 1 is 1.56 bits per heavy atom. The fourth-order valence-corrected chi connectivity index (χ4v) is 1.84. The van der Waals surface area contributed by atoms with E-state index in [0.717, 1.165) is 0 Å². The third kappa shape index (κ3) is 1.39. The highest BCUT2D eigenvalue weighted by Crippen LogP contribution is 2.39. The summed E-state index contributed by atoms with van der Waals surface area (Å²) < 4.78 is 5.22. The van der Waals surface area contributed by atoms with E-state index in [1.807, 2.05) is 0 Å². The van der Waals surface area contributed by atoms with Crippen LogP contribution in [0.5, 0.6) is 5.75 Å². The second kappa shape index (κ2) is 3.48. The van der Waals surface area contributed by atoms with Crippen LogP contribution in [0.4, 0.5) is 11.4 Å². The number of hydrogen-bond donors (Lipinski definition) is 1. The number of nitrogen functional groups attached to an aromatic ring is 1. The van der Waals surface area contributed by atoms with Gasteiger partial charge in [0.25, 0.3) is 5.69 Å². The zero-order chi connectivity index (χ0) is 11.9. The molecule has 0 saturated heterocycles. The van der Waals surface area contributed by atoms with E-state index >= 15 is 0 Å². The van der Waals surface area contributed by atoms with Gasteiger partial charge in [0.2, 0.25) is 0 Å². The lowest BCUT2D eigenvalue weighted by molar-refractivity contribution is -0.385. The maximum absolute atomic E-state index is 11.7. The second-order valence-corrected chi connectivity index (χ2v) is 3.61. The minimum Gasteiger partial charge on any atom is -0.490 e. The Balaban J connectivity index is 2.79. The van der Waals surface area contributed by atoms with E-state index < -0.39 is 4.92 Å². The van der Waals surface area contributed by atoms with Crippen molar-refractivity contribution in [1.29, 1.82) is 0 Å². The van der Waals surface area contributed by atoms with Gasteiger partial charge in [-0.05, 0) is 13.0 Å². The summed E-state index contributed by atoms with van der Waals surface area (Å²) >= 11 is 0. The van der Waals surface area contributed by atoms with Gasteiger partial charge in [-0.1, -0.05) is 0 Å². The first-order valence-electron chi connectivity index (χ1n) is 4.76. The van der Waals surface area contributed by atoms with Gasteiger partial charge < -0.3 is 10.5 Å². The number of benzene rings is 1. The van der Waals surface area contributed by atoms with Crippen molar-refractivity contribution >= 4 is 17.2 Å². The number of hydrogen-bond acceptors (Lipinski definition) is 5. The first-order chi connectivity index (χ1) is 7.52. The molecule has 1 aliphatic heterocycles. The zero-order valence-electron chi connectivity index (χ0n) is 8.65. The van der Waals surface area contributed by atoms with E-state index in [1.165, 1.54) is 6.07 Å². The SMILES string of the molecule is Cc1cc(N)c2c(c1[N+](=O)[O-])C(=O)CCO2. The molecule has 0 amide bonds. The molecule has 1 aromatic rings. The smallest absolute Gasteiger partial charge is 0.286 e. The third-order valence-corrected chi connectivity index (χ3v) is 2.51. The fourth-order valence-electron chi connectivity index (χ4n) is 1.84. The van der Waals surface area contributed by atoms with E-state index in [4.69, 9.17) is 10.5 Å². The van der Waals surface area contributed by atoms with Crippen molar-refractivity contribution in [3.05, 3.63) is 27.3 Å². The highest BCUT2D eigenvalue weighted by atomic mass is 16.6. The molecule has 0 unspecified atom stereocenters. The van der Waals surface area contributed by atoms with E-state index in [2.05, 4.69) is 0 Å². The molecule has 2 N–H and O–H groups in total. The summed E-state index contributed by atoms with van der Waals surface area (Å²) in [6, 6.07) is 1.45. The van der Waals surface area contributed by atoms with Crippen molar-refractivity contribution in [2.75, 3.05) is 12.3 Å². The van der Waals surface area contributed by atoms with Gasteiger partial charge in [0.15, 0.2) is 11.5 Å². The number of ether oxygens (including phenoxy) is 1. The van der Waals surface area contributed by atoms with Crippen molar-refractivity contribution in [3.8, 4) is 5.75 Å². The monoisotopic (exact) mass is 222 g/mol. The lowest BCUT2D eigenvalue weighted by atomic mass is 9.98. The molecular formula is C10H10N2O4. The summed E-state index contributed by atoms with van der Waals surface area (Å²) in [6.45, 7) is 1.77. The molecule has 0 aromatic heterocycles. The maximum Gasteiger partial charge on any atom is 0.286 e. The average Bonchev–Trinajstić information content (AvgIpc) is 2.19. The molecule has 0 saturated carbocycles. The van der Waals surface area contributed by atoms with Crippen LogP contribution in [0.15, 0.2) is 6.07 Å². The van der Waals surface area contributed by atoms with Crippen LogP contribution in [0, 0.1) is 17.0 Å². The minimum atomic E-state index is -0.569. The van der Waals surface area contributed by atoms with Crippen LogP contribution >= 0.6 is 0 Å². The zero-order valence-corrected chi connectivity index (χ0v) is 8.65. The Morgan fingerprint density at radius 2 is 2.25 bits per heavy atom. The summed E-state index contributed by atoms with van der Waals surface area (Å²) in [7, 11) is 0. The standard InChI is InChI=1S/C10H10N2O4/c1-5-4-6(11)10-8(9(5)12(14)15)7(13)2-3-16-10/h4H,2-3,11H2,1H3. The van der Waals surface area contributed by atoms with Crippen LogP contribution in [0.25, 0.3) is 0 Å². The first kappa shape index (κ1) is 10.4. The molecule has 1 heterocycles. The Labute approximate surface area is 91.2 Å². The molecule has 6 heteroatoms. The lowest BCUT2D eigenvalue weighted by Gasteiger charge is -2.18. The normalized spacial score (nSPS) is 14.2. The Kier molecular flexibility index (Phi) is 2.26. The number of nitrogens with two attached hydrogens (primary N) is 1. The van der Waals surface area contributed by atoms with E-state index in [1.54, 1.807) is 6.92 Å². The van der Waals surface area contributed by atoms with Gasteiger partial charge in [-0.15, -0.1) is 0 Å². The van der Waals surface area contributed by atoms with Crippen molar-refractivity contribution < 1.29 is 14.5 Å². The Bertz CT molecular complexity index is 496. The van der Waals surface area contributed by atoms with Crippen LogP contribution in [0.1, 0.15) is 22.3 Å². The number of ketones is 1. The number of fused-ring (bicyclic) bond motifs is 1. The largest absolute Gasteiger partial charge is 0.490 e. The van der Waals surface area contributed by atoms with E-state index in [0.29, 0.717) is 5.56 Å². The molecule has 0 fully saturated rings. The van der Waals surface area contributed by atoms with Gasteiger partial charge >= 0.3 is 0 Å². The fraction of sp³-hybridized carbons (Fsp3) is 0.300. The average molecular weight is 222 g/mol. The van der Waals surface area contributed by atoms with E-state index in [9.17, 15) is 14.9 Å². The maximum atomic E-state index is 11.7. The highest BCUT2D eigenvalue weighted by Gasteiger charge is 2.32. The van der Waals surface area contributed by atoms with Crippen LogP contribution < -0.4 is 10.5 Å². The molecule has 84 valence electrons. The molecule has 0 radical (unpaired) electrons. The molecule has 16 heavy (non-hydrogen) atoms. The van der Waals surface area contributed by atoms with Crippen molar-refractivity contribution in [3.63, 3.8) is 0 Å². The molecule has 0 aliphatic carbocycles. The molecular weight excluding hydrogens is 212 g/mol. The number of Topliss-reactive ketones (excluding diaryl/α,β-unsaturated/α-hetero) is 1. The van der Waals surface area contributed by atoms with Gasteiger partial charge in [0.05, 0.1) is 17.2 Å². The number of carbonyl (C=O) groups is 1. The first-order valence-corrected chi connectivity index (χ1v) is 4.76. The lowest BCUT2D eigenvalue weighted by Crippen LogP contribution is -2.19. The van der Waals surface area contributed by atoms with E-state index in [-0.39, 0.29) is 41.5 Å². The number of rotatable bonds is 1.